The summed E-state index contributed by atoms with van der Waals surface area (Å²) in [5, 5.41) is 2.92. The maximum Gasteiger partial charge on any atom is 0.332 e. The van der Waals surface area contributed by atoms with Gasteiger partial charge in [-0.3, -0.25) is 18.7 Å². The fourth-order valence-electron chi connectivity index (χ4n) is 3.37. The van der Waals surface area contributed by atoms with Crippen LogP contribution >= 0.6 is 0 Å². The number of nitrogens with zero attached hydrogens (tertiary/aromatic N) is 4. The van der Waals surface area contributed by atoms with Crippen LogP contribution in [0.1, 0.15) is 18.0 Å². The third kappa shape index (κ3) is 2.21. The molecule has 0 saturated heterocycles. The van der Waals surface area contributed by atoms with Gasteiger partial charge in [0, 0.05) is 19.8 Å². The van der Waals surface area contributed by atoms with E-state index in [9.17, 15) is 14.4 Å². The van der Waals surface area contributed by atoms with Crippen LogP contribution in [0.5, 0.6) is 0 Å². The molecule has 3 aromatic rings. The van der Waals surface area contributed by atoms with Crippen molar-refractivity contribution in [3.8, 4) is 0 Å². The molecular weight excluding hydrogens is 322 g/mol. The molecule has 0 bridgehead atoms. The Balaban J connectivity index is 1.88. The first-order chi connectivity index (χ1) is 12.0. The Kier molecular flexibility index (Phi) is 3.34. The molecule has 0 fully saturated rings. The Morgan fingerprint density at radius 1 is 1.12 bits per heavy atom. The summed E-state index contributed by atoms with van der Waals surface area (Å²) in [6.07, 6.45) is 2.71. The van der Waals surface area contributed by atoms with Crippen molar-refractivity contribution in [2.45, 2.75) is 18.9 Å². The molecule has 1 amide bonds. The number of fused-ring (bicyclic) bond motifs is 2. The van der Waals surface area contributed by atoms with Gasteiger partial charge in [-0.05, 0) is 24.5 Å². The summed E-state index contributed by atoms with van der Waals surface area (Å²) in [5.41, 5.74) is 1.49. The molecule has 25 heavy (non-hydrogen) atoms. The summed E-state index contributed by atoms with van der Waals surface area (Å²) in [5.74, 6) is -0.194. The average molecular weight is 339 g/mol. The maximum absolute atomic E-state index is 12.7. The Hall–Kier alpha value is -3.16. The molecule has 2 aromatic heterocycles. The molecule has 3 heterocycles. The highest BCUT2D eigenvalue weighted by Crippen LogP contribution is 2.28. The van der Waals surface area contributed by atoms with Crippen LogP contribution in [0.2, 0.25) is 0 Å². The maximum atomic E-state index is 12.7. The molecule has 0 spiro atoms. The van der Waals surface area contributed by atoms with E-state index in [0.29, 0.717) is 12.8 Å². The number of anilines is 1. The zero-order valence-corrected chi connectivity index (χ0v) is 13.9. The highest BCUT2D eigenvalue weighted by molar-refractivity contribution is 5.96. The van der Waals surface area contributed by atoms with Crippen molar-refractivity contribution in [1.29, 1.82) is 0 Å². The van der Waals surface area contributed by atoms with Gasteiger partial charge in [-0.15, -0.1) is 0 Å². The number of carbonyl (C=O) groups excluding carboxylic acids is 1. The van der Waals surface area contributed by atoms with E-state index in [0.717, 1.165) is 15.8 Å². The number of carbonyl (C=O) groups is 1. The van der Waals surface area contributed by atoms with E-state index in [-0.39, 0.29) is 17.1 Å². The standard InChI is InChI=1S/C17H17N5O3/c1-20-14-13(16(24)21(2)17(20)25)22(9-18-14)12-8-7-10-5-3-4-6-11(10)19-15(12)23/h3-6,9,12H,7-8H2,1-2H3,(H,19,23)/t12-/m0/s1. The number of benzene rings is 1. The lowest BCUT2D eigenvalue weighted by Crippen LogP contribution is -2.38. The van der Waals surface area contributed by atoms with Crippen molar-refractivity contribution in [2.75, 3.05) is 5.32 Å². The number of hydrogen-bond donors (Lipinski definition) is 1. The van der Waals surface area contributed by atoms with Gasteiger partial charge < -0.3 is 9.88 Å². The largest absolute Gasteiger partial charge is 0.332 e. The number of hydrogen-bond acceptors (Lipinski definition) is 4. The van der Waals surface area contributed by atoms with E-state index in [1.807, 2.05) is 24.3 Å². The first-order valence-corrected chi connectivity index (χ1v) is 8.00. The summed E-state index contributed by atoms with van der Waals surface area (Å²) >= 11 is 0. The molecule has 1 aliphatic heterocycles. The fraction of sp³-hybridized carbons (Fsp3) is 0.294. The van der Waals surface area contributed by atoms with Gasteiger partial charge in [-0.25, -0.2) is 9.78 Å². The van der Waals surface area contributed by atoms with E-state index in [1.165, 1.54) is 17.9 Å². The van der Waals surface area contributed by atoms with E-state index in [2.05, 4.69) is 10.3 Å². The van der Waals surface area contributed by atoms with Gasteiger partial charge in [0.05, 0.1) is 6.33 Å². The normalized spacial score (nSPS) is 17.2. The predicted octanol–water partition coefficient (Wildman–Crippen LogP) is 0.560. The van der Waals surface area contributed by atoms with Crippen LogP contribution in [0, 0.1) is 0 Å². The summed E-state index contributed by atoms with van der Waals surface area (Å²) in [4.78, 5) is 41.6. The van der Waals surface area contributed by atoms with Crippen LogP contribution in [-0.4, -0.2) is 24.6 Å². The number of nitrogens with one attached hydrogen (secondary N) is 1. The molecule has 8 heteroatoms. The van der Waals surface area contributed by atoms with Gasteiger partial charge in [-0.2, -0.15) is 0 Å². The summed E-state index contributed by atoms with van der Waals surface area (Å²) in [7, 11) is 2.98. The summed E-state index contributed by atoms with van der Waals surface area (Å²) in [6.45, 7) is 0. The number of amides is 1. The summed E-state index contributed by atoms with van der Waals surface area (Å²) in [6, 6.07) is 7.08. The molecule has 0 aliphatic carbocycles. The Labute approximate surface area is 142 Å². The van der Waals surface area contributed by atoms with Gasteiger partial charge in [0.2, 0.25) is 5.91 Å². The lowest BCUT2D eigenvalue weighted by Gasteiger charge is -2.16. The SMILES string of the molecule is Cn1c(=O)c2c(ncn2[C@H]2CCc3ccccc3NC2=O)n(C)c1=O. The van der Waals surface area contributed by atoms with Crippen molar-refractivity contribution in [1.82, 2.24) is 18.7 Å². The van der Waals surface area contributed by atoms with Crippen LogP contribution < -0.4 is 16.6 Å². The Morgan fingerprint density at radius 2 is 1.88 bits per heavy atom. The van der Waals surface area contributed by atoms with Crippen molar-refractivity contribution in [2.24, 2.45) is 14.1 Å². The summed E-state index contributed by atoms with van der Waals surface area (Å²) < 4.78 is 3.93. The first kappa shape index (κ1) is 15.4. The molecule has 1 aromatic carbocycles. The molecule has 8 nitrogen and oxygen atoms in total. The van der Waals surface area contributed by atoms with Gasteiger partial charge >= 0.3 is 5.69 Å². The van der Waals surface area contributed by atoms with Gasteiger partial charge in [0.25, 0.3) is 5.56 Å². The molecular formula is C17H17N5O3. The molecule has 1 aliphatic rings. The first-order valence-electron chi connectivity index (χ1n) is 8.00. The highest BCUT2D eigenvalue weighted by atomic mass is 16.2. The smallest absolute Gasteiger partial charge is 0.324 e. The number of para-hydroxylation sites is 1. The quantitative estimate of drug-likeness (QED) is 0.701. The van der Waals surface area contributed by atoms with Crippen LogP contribution in [-0.2, 0) is 25.3 Å². The van der Waals surface area contributed by atoms with Crippen LogP contribution in [0.3, 0.4) is 0 Å². The fourth-order valence-corrected chi connectivity index (χ4v) is 3.37. The van der Waals surface area contributed by atoms with Crippen LogP contribution in [0.25, 0.3) is 11.2 Å². The second kappa shape index (κ2) is 5.44. The van der Waals surface area contributed by atoms with E-state index < -0.39 is 17.3 Å². The predicted molar refractivity (Wildman–Crippen MR) is 92.6 cm³/mol. The molecule has 0 saturated carbocycles. The molecule has 0 unspecified atom stereocenters. The second-order valence-electron chi connectivity index (χ2n) is 6.23. The van der Waals surface area contributed by atoms with E-state index in [4.69, 9.17) is 0 Å². The van der Waals surface area contributed by atoms with Crippen LogP contribution in [0.4, 0.5) is 5.69 Å². The highest BCUT2D eigenvalue weighted by Gasteiger charge is 2.28. The molecule has 4 rings (SSSR count). The monoisotopic (exact) mass is 339 g/mol. The lowest BCUT2D eigenvalue weighted by molar-refractivity contribution is -0.119. The topological polar surface area (TPSA) is 90.9 Å². The Bertz CT molecular complexity index is 1120. The molecule has 0 radical (unpaired) electrons. The van der Waals surface area contributed by atoms with Crippen molar-refractivity contribution >= 4 is 22.8 Å². The number of imidazole rings is 1. The van der Waals surface area contributed by atoms with E-state index >= 15 is 0 Å². The number of aryl methyl sites for hydroxylation is 2. The molecule has 1 atom stereocenters. The lowest BCUT2D eigenvalue weighted by atomic mass is 10.1. The zero-order chi connectivity index (χ0) is 17.7. The minimum absolute atomic E-state index is 0.194. The van der Waals surface area contributed by atoms with Crippen molar-refractivity contribution in [3.63, 3.8) is 0 Å². The van der Waals surface area contributed by atoms with Crippen molar-refractivity contribution < 1.29 is 4.79 Å². The van der Waals surface area contributed by atoms with Gasteiger partial charge in [0.15, 0.2) is 11.2 Å². The third-order valence-corrected chi connectivity index (χ3v) is 4.77. The second-order valence-corrected chi connectivity index (χ2v) is 6.23. The molecule has 1 N–H and O–H groups in total. The number of aromatic nitrogens is 4. The Morgan fingerprint density at radius 3 is 2.68 bits per heavy atom. The van der Waals surface area contributed by atoms with Crippen LogP contribution in [0.15, 0.2) is 40.2 Å². The number of rotatable bonds is 1. The minimum Gasteiger partial charge on any atom is -0.324 e. The third-order valence-electron chi connectivity index (χ3n) is 4.77. The molecule has 128 valence electrons. The average Bonchev–Trinajstić information content (AvgIpc) is 2.97. The minimum atomic E-state index is -0.567. The van der Waals surface area contributed by atoms with Gasteiger partial charge in [0.1, 0.15) is 6.04 Å². The van der Waals surface area contributed by atoms with E-state index in [1.54, 1.807) is 11.6 Å². The van der Waals surface area contributed by atoms with Gasteiger partial charge in [-0.1, -0.05) is 18.2 Å². The zero-order valence-electron chi connectivity index (χ0n) is 13.9. The van der Waals surface area contributed by atoms with Crippen molar-refractivity contribution in [3.05, 3.63) is 57.0 Å².